The normalized spacial score (nSPS) is 14.0. The SMILES string of the molecule is COc1ccccc1C(C)(C)NC(=O)c1cc2c(NC(=O)c3ccc(N4CCOCC4)cc3)[nH]nc2s1. The lowest BCUT2D eigenvalue weighted by Gasteiger charge is -2.28. The van der Waals surface area contributed by atoms with Gasteiger partial charge in [-0.15, -0.1) is 11.3 Å². The van der Waals surface area contributed by atoms with Crippen molar-refractivity contribution in [3.05, 3.63) is 70.6 Å². The zero-order chi connectivity index (χ0) is 26.0. The van der Waals surface area contributed by atoms with Gasteiger partial charge in [-0.3, -0.25) is 14.7 Å². The zero-order valence-electron chi connectivity index (χ0n) is 21.0. The Bertz CT molecular complexity index is 1420. The van der Waals surface area contributed by atoms with Crippen molar-refractivity contribution in [2.45, 2.75) is 19.4 Å². The summed E-state index contributed by atoms with van der Waals surface area (Å²) in [5.74, 6) is 0.678. The van der Waals surface area contributed by atoms with Gasteiger partial charge in [0.05, 0.1) is 36.1 Å². The highest BCUT2D eigenvalue weighted by Gasteiger charge is 2.28. The Balaban J connectivity index is 1.29. The fourth-order valence-electron chi connectivity index (χ4n) is 4.42. The molecule has 37 heavy (non-hydrogen) atoms. The molecule has 3 heterocycles. The number of amides is 2. The molecule has 0 bridgehead atoms. The molecule has 0 saturated carbocycles. The van der Waals surface area contributed by atoms with E-state index >= 15 is 0 Å². The van der Waals surface area contributed by atoms with Crippen molar-refractivity contribution in [2.75, 3.05) is 43.6 Å². The van der Waals surface area contributed by atoms with Crippen LogP contribution in [0.4, 0.5) is 11.5 Å². The second-order valence-corrected chi connectivity index (χ2v) is 10.3. The Morgan fingerprint density at radius 3 is 2.54 bits per heavy atom. The van der Waals surface area contributed by atoms with Crippen molar-refractivity contribution in [1.82, 2.24) is 15.5 Å². The maximum atomic E-state index is 13.1. The molecule has 192 valence electrons. The average Bonchev–Trinajstić information content (AvgIpc) is 3.51. The number of thiophene rings is 1. The number of hydrogen-bond donors (Lipinski definition) is 3. The fraction of sp³-hybridized carbons (Fsp3) is 0.296. The van der Waals surface area contributed by atoms with Gasteiger partial charge in [0, 0.05) is 29.9 Å². The van der Waals surface area contributed by atoms with E-state index in [0.717, 1.165) is 24.3 Å². The number of aromatic nitrogens is 2. The van der Waals surface area contributed by atoms with Gasteiger partial charge in [0.2, 0.25) is 0 Å². The molecule has 5 rings (SSSR count). The summed E-state index contributed by atoms with van der Waals surface area (Å²) < 4.78 is 10.9. The highest BCUT2D eigenvalue weighted by molar-refractivity contribution is 7.20. The number of H-pyrrole nitrogens is 1. The number of methoxy groups -OCH3 is 1. The maximum absolute atomic E-state index is 13.1. The third-order valence-electron chi connectivity index (χ3n) is 6.43. The molecular formula is C27H29N5O4S. The number of carbonyl (C=O) groups is 2. The highest BCUT2D eigenvalue weighted by atomic mass is 32.1. The quantitative estimate of drug-likeness (QED) is 0.334. The number of fused-ring (bicyclic) bond motifs is 1. The van der Waals surface area contributed by atoms with Crippen LogP contribution in [0.5, 0.6) is 5.75 Å². The second-order valence-electron chi connectivity index (χ2n) is 9.31. The van der Waals surface area contributed by atoms with Crippen molar-refractivity contribution < 1.29 is 19.1 Å². The molecule has 9 nitrogen and oxygen atoms in total. The minimum atomic E-state index is -0.665. The van der Waals surface area contributed by atoms with E-state index < -0.39 is 5.54 Å². The van der Waals surface area contributed by atoms with Crippen LogP contribution in [0.15, 0.2) is 54.6 Å². The van der Waals surface area contributed by atoms with Gasteiger partial charge in [0.15, 0.2) is 0 Å². The van der Waals surface area contributed by atoms with E-state index in [0.29, 0.717) is 45.4 Å². The number of hydrogen-bond acceptors (Lipinski definition) is 7. The predicted octanol–water partition coefficient (Wildman–Crippen LogP) is 4.39. The summed E-state index contributed by atoms with van der Waals surface area (Å²) in [6, 6.07) is 16.8. The van der Waals surface area contributed by atoms with Gasteiger partial charge in [-0.05, 0) is 50.2 Å². The number of carbonyl (C=O) groups excluding carboxylic acids is 2. The number of rotatable bonds is 7. The van der Waals surface area contributed by atoms with Crippen LogP contribution >= 0.6 is 11.3 Å². The summed E-state index contributed by atoms with van der Waals surface area (Å²) in [5, 5.41) is 13.8. The molecule has 0 spiro atoms. The molecule has 1 aliphatic heterocycles. The standard InChI is InChI=1S/C27H29N5O4S/c1-27(2,20-6-4-5-7-21(20)35-3)29-25(34)22-16-19-23(30-31-26(19)37-22)28-24(33)17-8-10-18(11-9-17)32-12-14-36-15-13-32/h4-11,16H,12-15H2,1-3H3,(H,29,34)(H2,28,30,31,33). The first-order valence-electron chi connectivity index (χ1n) is 12.0. The van der Waals surface area contributed by atoms with Gasteiger partial charge in [0.1, 0.15) is 16.4 Å². The summed E-state index contributed by atoms with van der Waals surface area (Å²) in [4.78, 5) is 29.4. The van der Waals surface area contributed by atoms with Crippen molar-refractivity contribution in [3.63, 3.8) is 0 Å². The minimum absolute atomic E-state index is 0.227. The molecule has 0 aliphatic carbocycles. The number of morpholine rings is 1. The minimum Gasteiger partial charge on any atom is -0.496 e. The first-order chi connectivity index (χ1) is 17.9. The van der Waals surface area contributed by atoms with E-state index in [1.165, 1.54) is 11.3 Å². The highest BCUT2D eigenvalue weighted by Crippen LogP contribution is 2.32. The molecule has 2 aromatic heterocycles. The molecule has 0 radical (unpaired) electrons. The predicted molar refractivity (Wildman–Crippen MR) is 145 cm³/mol. The molecule has 1 saturated heterocycles. The summed E-state index contributed by atoms with van der Waals surface area (Å²) in [7, 11) is 1.61. The van der Waals surface area contributed by atoms with E-state index in [1.54, 1.807) is 25.3 Å². The van der Waals surface area contributed by atoms with E-state index in [1.807, 2.05) is 50.2 Å². The first kappa shape index (κ1) is 24.8. The Kier molecular flexibility index (Phi) is 6.86. The van der Waals surface area contributed by atoms with Gasteiger partial charge >= 0.3 is 0 Å². The number of aromatic amines is 1. The molecular weight excluding hydrogens is 490 g/mol. The van der Waals surface area contributed by atoms with E-state index in [2.05, 4.69) is 25.7 Å². The van der Waals surface area contributed by atoms with Crippen LogP contribution in [0, 0.1) is 0 Å². The van der Waals surface area contributed by atoms with E-state index in [9.17, 15) is 9.59 Å². The lowest BCUT2D eigenvalue weighted by atomic mass is 9.93. The van der Waals surface area contributed by atoms with Crippen molar-refractivity contribution in [2.24, 2.45) is 0 Å². The third-order valence-corrected chi connectivity index (χ3v) is 7.45. The van der Waals surface area contributed by atoms with Crippen molar-refractivity contribution in [1.29, 1.82) is 0 Å². The Morgan fingerprint density at radius 1 is 1.08 bits per heavy atom. The topological polar surface area (TPSA) is 109 Å². The van der Waals surface area contributed by atoms with Crippen LogP contribution in [0.3, 0.4) is 0 Å². The largest absolute Gasteiger partial charge is 0.496 e. The van der Waals surface area contributed by atoms with Crippen molar-refractivity contribution >= 4 is 44.9 Å². The first-order valence-corrected chi connectivity index (χ1v) is 12.9. The van der Waals surface area contributed by atoms with E-state index in [4.69, 9.17) is 9.47 Å². The smallest absolute Gasteiger partial charge is 0.262 e. The summed E-state index contributed by atoms with van der Waals surface area (Å²) in [5.41, 5.74) is 1.81. The second kappa shape index (κ2) is 10.2. The van der Waals surface area contributed by atoms with E-state index in [-0.39, 0.29) is 11.8 Å². The molecule has 4 aromatic rings. The van der Waals surface area contributed by atoms with Crippen LogP contribution in [0.1, 0.15) is 39.4 Å². The number of nitrogens with one attached hydrogen (secondary N) is 3. The number of para-hydroxylation sites is 1. The molecule has 3 N–H and O–H groups in total. The molecule has 2 aromatic carbocycles. The van der Waals surface area contributed by atoms with Gasteiger partial charge in [-0.25, -0.2) is 0 Å². The van der Waals surface area contributed by atoms with Gasteiger partial charge < -0.3 is 25.0 Å². The van der Waals surface area contributed by atoms with Gasteiger partial charge in [-0.1, -0.05) is 18.2 Å². The van der Waals surface area contributed by atoms with Crippen LogP contribution < -0.4 is 20.3 Å². The summed E-state index contributed by atoms with van der Waals surface area (Å²) >= 11 is 1.26. The molecule has 1 fully saturated rings. The molecule has 0 atom stereocenters. The van der Waals surface area contributed by atoms with Crippen LogP contribution in [0.25, 0.3) is 10.2 Å². The molecule has 1 aliphatic rings. The number of nitrogens with zero attached hydrogens (tertiary/aromatic N) is 2. The van der Waals surface area contributed by atoms with Crippen molar-refractivity contribution in [3.8, 4) is 5.75 Å². The zero-order valence-corrected chi connectivity index (χ0v) is 21.8. The Morgan fingerprint density at radius 2 is 1.81 bits per heavy atom. The number of anilines is 2. The molecule has 0 unspecified atom stereocenters. The lowest BCUT2D eigenvalue weighted by molar-refractivity contribution is 0.0914. The van der Waals surface area contributed by atoms with Gasteiger partial charge in [0.25, 0.3) is 11.8 Å². The fourth-order valence-corrected chi connectivity index (χ4v) is 5.31. The average molecular weight is 520 g/mol. The monoisotopic (exact) mass is 519 g/mol. The maximum Gasteiger partial charge on any atom is 0.262 e. The summed E-state index contributed by atoms with van der Waals surface area (Å²) in [6.07, 6.45) is 0. The number of benzene rings is 2. The van der Waals surface area contributed by atoms with Gasteiger partial charge in [-0.2, -0.15) is 5.10 Å². The van der Waals surface area contributed by atoms with Crippen LogP contribution in [0.2, 0.25) is 0 Å². The Hall–Kier alpha value is -3.89. The molecule has 2 amide bonds. The third kappa shape index (κ3) is 5.16. The van der Waals surface area contributed by atoms with Crippen LogP contribution in [-0.4, -0.2) is 55.4 Å². The summed E-state index contributed by atoms with van der Waals surface area (Å²) in [6.45, 7) is 6.94. The lowest BCUT2D eigenvalue weighted by Crippen LogP contribution is -2.40. The Labute approximate surface area is 218 Å². The van der Waals surface area contributed by atoms with Crippen LogP contribution in [-0.2, 0) is 10.3 Å². The molecule has 10 heteroatoms. The number of ether oxygens (including phenoxy) is 2.